The second-order valence-electron chi connectivity index (χ2n) is 6.89. The molecule has 1 N–H and O–H groups in total. The van der Waals surface area contributed by atoms with Gasteiger partial charge in [0.25, 0.3) is 0 Å². The third-order valence-electron chi connectivity index (χ3n) is 4.96. The number of aliphatic hydroxyl groups excluding tert-OH is 1. The maximum absolute atomic E-state index is 9.14. The molecule has 0 aromatic carbocycles. The number of fused-ring (bicyclic) bond motifs is 1. The summed E-state index contributed by atoms with van der Waals surface area (Å²) in [6, 6.07) is 4.62. The van der Waals surface area contributed by atoms with Gasteiger partial charge < -0.3 is 14.6 Å². The van der Waals surface area contributed by atoms with Crippen LogP contribution in [0.15, 0.2) is 18.3 Å². The average Bonchev–Trinajstić information content (AvgIpc) is 2.91. The zero-order valence-electron chi connectivity index (χ0n) is 14.3. The van der Waals surface area contributed by atoms with Crippen molar-refractivity contribution in [3.8, 4) is 0 Å². The predicted octanol–water partition coefficient (Wildman–Crippen LogP) is 2.48. The highest BCUT2D eigenvalue weighted by Crippen LogP contribution is 2.24. The number of rotatable bonds is 6. The monoisotopic (exact) mass is 316 g/mol. The van der Waals surface area contributed by atoms with E-state index in [-0.39, 0.29) is 6.61 Å². The van der Waals surface area contributed by atoms with Gasteiger partial charge in [0.05, 0.1) is 0 Å². The number of aromatic nitrogens is 3. The van der Waals surface area contributed by atoms with Crippen molar-refractivity contribution in [1.29, 1.82) is 0 Å². The zero-order chi connectivity index (χ0) is 16.2. The number of nitrogens with zero attached hydrogens (tertiary/aromatic N) is 4. The van der Waals surface area contributed by atoms with Crippen LogP contribution in [0.3, 0.4) is 0 Å². The lowest BCUT2D eigenvalue weighted by Crippen LogP contribution is -2.39. The predicted molar refractivity (Wildman–Crippen MR) is 92.4 cm³/mol. The molecule has 5 heteroatoms. The summed E-state index contributed by atoms with van der Waals surface area (Å²) < 4.78 is 2.29. The van der Waals surface area contributed by atoms with E-state index in [1.165, 1.54) is 25.9 Å². The summed E-state index contributed by atoms with van der Waals surface area (Å²) in [5.74, 6) is 1.76. The number of likely N-dealkylation sites (tertiary alicyclic amines) is 1. The summed E-state index contributed by atoms with van der Waals surface area (Å²) in [6.07, 6.45) is 5.90. The van der Waals surface area contributed by atoms with E-state index in [4.69, 9.17) is 10.1 Å². The quantitative estimate of drug-likeness (QED) is 0.889. The molecule has 1 aliphatic rings. The zero-order valence-corrected chi connectivity index (χ0v) is 14.3. The van der Waals surface area contributed by atoms with Gasteiger partial charge >= 0.3 is 0 Å². The molecule has 23 heavy (non-hydrogen) atoms. The molecule has 0 aliphatic carbocycles. The van der Waals surface area contributed by atoms with Crippen LogP contribution in [0, 0.1) is 5.92 Å². The molecule has 2 aromatic rings. The first-order chi connectivity index (χ1) is 11.2. The normalized spacial score (nSPS) is 17.4. The molecule has 2 aromatic heterocycles. The van der Waals surface area contributed by atoms with Crippen molar-refractivity contribution in [2.24, 2.45) is 5.92 Å². The van der Waals surface area contributed by atoms with E-state index in [9.17, 15) is 0 Å². The van der Waals surface area contributed by atoms with Crippen LogP contribution >= 0.6 is 0 Å². The summed E-state index contributed by atoms with van der Waals surface area (Å²) in [6.45, 7) is 8.15. The minimum Gasteiger partial charge on any atom is -0.396 e. The number of aryl methyl sites for hydroxylation is 1. The Balaban J connectivity index is 1.76. The van der Waals surface area contributed by atoms with Crippen LogP contribution in [-0.4, -0.2) is 50.3 Å². The smallest absolute Gasteiger partial charge is 0.159 e. The highest BCUT2D eigenvalue weighted by Gasteiger charge is 2.23. The van der Waals surface area contributed by atoms with Crippen LogP contribution in [0.1, 0.15) is 38.9 Å². The van der Waals surface area contributed by atoms with E-state index in [2.05, 4.69) is 28.3 Å². The van der Waals surface area contributed by atoms with Crippen molar-refractivity contribution in [3.63, 3.8) is 0 Å². The Morgan fingerprint density at radius 3 is 2.78 bits per heavy atom. The molecule has 3 rings (SSSR count). The van der Waals surface area contributed by atoms with Gasteiger partial charge in [0.2, 0.25) is 0 Å². The minimum atomic E-state index is 0.212. The maximum Gasteiger partial charge on any atom is 0.159 e. The Morgan fingerprint density at radius 1 is 1.30 bits per heavy atom. The van der Waals surface area contributed by atoms with Crippen LogP contribution in [-0.2, 0) is 13.0 Å². The molecule has 0 atom stereocenters. The van der Waals surface area contributed by atoms with Crippen molar-refractivity contribution in [3.05, 3.63) is 24.2 Å². The molecule has 0 unspecified atom stereocenters. The fourth-order valence-corrected chi connectivity index (χ4v) is 3.54. The van der Waals surface area contributed by atoms with Crippen LogP contribution in [0.4, 0.5) is 0 Å². The number of imidazole rings is 1. The highest BCUT2D eigenvalue weighted by atomic mass is 16.2. The number of aliphatic hydroxyl groups is 1. The molecule has 3 heterocycles. The largest absolute Gasteiger partial charge is 0.396 e. The molecule has 0 amide bonds. The second-order valence-corrected chi connectivity index (χ2v) is 6.89. The molecule has 0 saturated carbocycles. The minimum absolute atomic E-state index is 0.212. The fourth-order valence-electron chi connectivity index (χ4n) is 3.54. The Hall–Kier alpha value is -1.46. The second kappa shape index (κ2) is 7.41. The number of hydrogen-bond acceptors (Lipinski definition) is 4. The number of hydrogen-bond donors (Lipinski definition) is 1. The average molecular weight is 316 g/mol. The van der Waals surface area contributed by atoms with Crippen molar-refractivity contribution >= 4 is 11.2 Å². The Bertz CT molecular complexity index is 629. The van der Waals surface area contributed by atoms with Crippen molar-refractivity contribution < 1.29 is 5.11 Å². The first-order valence-corrected chi connectivity index (χ1v) is 8.84. The number of piperidine rings is 1. The van der Waals surface area contributed by atoms with Gasteiger partial charge in [-0.05, 0) is 64.3 Å². The molecule has 5 nitrogen and oxygen atoms in total. The van der Waals surface area contributed by atoms with Gasteiger partial charge in [0, 0.05) is 31.8 Å². The molecule has 0 radical (unpaired) electrons. The third kappa shape index (κ3) is 3.72. The van der Waals surface area contributed by atoms with Crippen molar-refractivity contribution in [2.45, 2.75) is 52.1 Å². The lowest BCUT2D eigenvalue weighted by molar-refractivity contribution is 0.141. The van der Waals surface area contributed by atoms with Gasteiger partial charge in [0.1, 0.15) is 11.3 Å². The van der Waals surface area contributed by atoms with Crippen LogP contribution in [0.5, 0.6) is 0 Å². The third-order valence-corrected chi connectivity index (χ3v) is 4.96. The summed E-state index contributed by atoms with van der Waals surface area (Å²) >= 11 is 0. The molecule has 1 aliphatic heterocycles. The molecule has 0 spiro atoms. The van der Waals surface area contributed by atoms with E-state index in [0.717, 1.165) is 36.4 Å². The first kappa shape index (κ1) is 16.4. The van der Waals surface area contributed by atoms with Gasteiger partial charge in [-0.2, -0.15) is 0 Å². The van der Waals surface area contributed by atoms with E-state index < -0.39 is 0 Å². The molecular weight excluding hydrogens is 288 g/mol. The van der Waals surface area contributed by atoms with Crippen LogP contribution in [0.2, 0.25) is 0 Å². The topological polar surface area (TPSA) is 54.2 Å². The SMILES string of the molecule is CC(C)N1CCC(Cn2c(CCCO)nc3cccnc32)CC1. The van der Waals surface area contributed by atoms with Crippen molar-refractivity contribution in [1.82, 2.24) is 19.4 Å². The molecule has 0 bridgehead atoms. The van der Waals surface area contributed by atoms with Crippen LogP contribution < -0.4 is 0 Å². The van der Waals surface area contributed by atoms with Gasteiger partial charge in [-0.1, -0.05) is 0 Å². The standard InChI is InChI=1S/C18H28N4O/c1-14(2)21-10-7-15(8-11-21)13-22-17(6-4-12-23)20-16-5-3-9-19-18(16)22/h3,5,9,14-15,23H,4,6-8,10-13H2,1-2H3. The highest BCUT2D eigenvalue weighted by molar-refractivity contribution is 5.71. The molecule has 1 saturated heterocycles. The van der Waals surface area contributed by atoms with Gasteiger partial charge in [-0.3, -0.25) is 0 Å². The fraction of sp³-hybridized carbons (Fsp3) is 0.667. The Kier molecular flexibility index (Phi) is 5.28. The molecule has 126 valence electrons. The summed E-state index contributed by atoms with van der Waals surface area (Å²) in [4.78, 5) is 11.8. The Morgan fingerprint density at radius 2 is 2.09 bits per heavy atom. The lowest BCUT2D eigenvalue weighted by Gasteiger charge is -2.34. The first-order valence-electron chi connectivity index (χ1n) is 8.84. The van der Waals surface area contributed by atoms with E-state index in [1.807, 2.05) is 18.3 Å². The van der Waals surface area contributed by atoms with Gasteiger partial charge in [-0.25, -0.2) is 9.97 Å². The van der Waals surface area contributed by atoms with E-state index in [0.29, 0.717) is 12.0 Å². The molecule has 1 fully saturated rings. The summed E-state index contributed by atoms with van der Waals surface area (Å²) in [7, 11) is 0. The van der Waals surface area contributed by atoms with Gasteiger partial charge in [-0.15, -0.1) is 0 Å². The Labute approximate surface area is 138 Å². The van der Waals surface area contributed by atoms with E-state index >= 15 is 0 Å². The van der Waals surface area contributed by atoms with Crippen LogP contribution in [0.25, 0.3) is 11.2 Å². The molecular formula is C18H28N4O. The summed E-state index contributed by atoms with van der Waals surface area (Å²) in [5, 5.41) is 9.14. The van der Waals surface area contributed by atoms with E-state index in [1.54, 1.807) is 0 Å². The van der Waals surface area contributed by atoms with Gasteiger partial charge in [0.15, 0.2) is 5.65 Å². The van der Waals surface area contributed by atoms with Crippen molar-refractivity contribution in [2.75, 3.05) is 19.7 Å². The lowest BCUT2D eigenvalue weighted by atomic mass is 9.96. The summed E-state index contributed by atoms with van der Waals surface area (Å²) in [5.41, 5.74) is 1.96. The maximum atomic E-state index is 9.14. The number of pyridine rings is 1.